The molecule has 3 rings (SSSR count). The minimum absolute atomic E-state index is 0.0354. The number of rotatable bonds is 10. The molecule has 1 aliphatic heterocycles. The predicted octanol–water partition coefficient (Wildman–Crippen LogP) is 2.53. The molecule has 1 fully saturated rings. The van der Waals surface area contributed by atoms with Crippen LogP contribution in [0.2, 0.25) is 0 Å². The van der Waals surface area contributed by atoms with Crippen LogP contribution in [-0.2, 0) is 23.0 Å². The molecule has 1 aliphatic rings. The molecule has 1 amide bonds. The van der Waals surface area contributed by atoms with Gasteiger partial charge in [-0.1, -0.05) is 30.8 Å². The summed E-state index contributed by atoms with van der Waals surface area (Å²) in [5.41, 5.74) is 1.91. The van der Waals surface area contributed by atoms with E-state index in [-0.39, 0.29) is 22.5 Å². The Labute approximate surface area is 198 Å². The number of thioether (sulfide) groups is 1. The Hall–Kier alpha value is -2.23. The summed E-state index contributed by atoms with van der Waals surface area (Å²) in [5, 5.41) is 3.23. The summed E-state index contributed by atoms with van der Waals surface area (Å²) in [5.74, 6) is -0.343. The number of aromatic nitrogens is 2. The molecule has 2 heterocycles. The third-order valence-corrected chi connectivity index (χ3v) is 7.22. The standard InChI is InChI=1S/C24H33FN4O3S/c1-4-21(22(30)26-10-5-11-29-12-14-32-15-13-29)33-24-27-17(2)20(23(31)28(24)3)16-18-6-8-19(25)9-7-18/h6-9,21H,4-5,10-16H2,1-3H3,(H,26,30). The number of hydrogen-bond donors (Lipinski definition) is 1. The lowest BCUT2D eigenvalue weighted by atomic mass is 10.1. The number of carbonyl (C=O) groups is 1. The first-order valence-corrected chi connectivity index (χ1v) is 12.3. The maximum absolute atomic E-state index is 13.2. The molecule has 1 aromatic carbocycles. The third kappa shape index (κ3) is 7.12. The van der Waals surface area contributed by atoms with Crippen LogP contribution in [0.1, 0.15) is 36.6 Å². The van der Waals surface area contributed by atoms with Crippen molar-refractivity contribution in [3.8, 4) is 0 Å². The quantitative estimate of drug-likeness (QED) is 0.323. The molecular formula is C24H33FN4O3S. The predicted molar refractivity (Wildman–Crippen MR) is 128 cm³/mol. The SMILES string of the molecule is CCC(Sc1nc(C)c(Cc2ccc(F)cc2)c(=O)n1C)C(=O)NCCCN1CCOCC1. The second-order valence-corrected chi connectivity index (χ2v) is 9.41. The number of morpholine rings is 1. The number of nitrogens with one attached hydrogen (secondary N) is 1. The third-order valence-electron chi connectivity index (χ3n) is 5.81. The zero-order valence-corrected chi connectivity index (χ0v) is 20.4. The molecule has 0 radical (unpaired) electrons. The second kappa shape index (κ2) is 12.3. The van der Waals surface area contributed by atoms with Crippen LogP contribution in [-0.4, -0.2) is 65.0 Å². The van der Waals surface area contributed by atoms with E-state index in [1.54, 1.807) is 26.1 Å². The molecule has 0 spiro atoms. The van der Waals surface area contributed by atoms with Gasteiger partial charge < -0.3 is 10.1 Å². The molecule has 0 saturated carbocycles. The second-order valence-electron chi connectivity index (χ2n) is 8.24. The summed E-state index contributed by atoms with van der Waals surface area (Å²) in [6.07, 6.45) is 1.91. The van der Waals surface area contributed by atoms with Gasteiger partial charge >= 0.3 is 0 Å². The van der Waals surface area contributed by atoms with E-state index in [0.29, 0.717) is 35.8 Å². The highest BCUT2D eigenvalue weighted by atomic mass is 32.2. The van der Waals surface area contributed by atoms with Crippen molar-refractivity contribution >= 4 is 17.7 Å². The number of amides is 1. The highest BCUT2D eigenvalue weighted by Gasteiger charge is 2.22. The summed E-state index contributed by atoms with van der Waals surface area (Å²) in [7, 11) is 1.68. The van der Waals surface area contributed by atoms with Gasteiger partial charge in [0.2, 0.25) is 5.91 Å². The first kappa shape index (κ1) is 25.4. The zero-order valence-electron chi connectivity index (χ0n) is 19.6. The average Bonchev–Trinajstić information content (AvgIpc) is 2.82. The Morgan fingerprint density at radius 2 is 1.97 bits per heavy atom. The smallest absolute Gasteiger partial charge is 0.257 e. The molecule has 1 N–H and O–H groups in total. The zero-order chi connectivity index (χ0) is 23.8. The van der Waals surface area contributed by atoms with E-state index in [9.17, 15) is 14.0 Å². The number of carbonyl (C=O) groups excluding carboxylic acids is 1. The lowest BCUT2D eigenvalue weighted by Crippen LogP contribution is -2.39. The van der Waals surface area contributed by atoms with Gasteiger partial charge in [-0.15, -0.1) is 0 Å². The van der Waals surface area contributed by atoms with Crippen LogP contribution < -0.4 is 10.9 Å². The summed E-state index contributed by atoms with van der Waals surface area (Å²) < 4.78 is 20.0. The van der Waals surface area contributed by atoms with E-state index in [0.717, 1.165) is 44.8 Å². The molecule has 0 aliphatic carbocycles. The van der Waals surface area contributed by atoms with Crippen molar-refractivity contribution in [1.29, 1.82) is 0 Å². The van der Waals surface area contributed by atoms with E-state index < -0.39 is 0 Å². The minimum atomic E-state index is -0.325. The van der Waals surface area contributed by atoms with E-state index in [4.69, 9.17) is 4.74 Å². The van der Waals surface area contributed by atoms with Gasteiger partial charge in [0.1, 0.15) is 5.82 Å². The number of nitrogens with zero attached hydrogens (tertiary/aromatic N) is 3. The average molecular weight is 477 g/mol. The summed E-state index contributed by atoms with van der Waals surface area (Å²) in [4.78, 5) is 32.7. The van der Waals surface area contributed by atoms with Crippen LogP contribution in [0.25, 0.3) is 0 Å². The van der Waals surface area contributed by atoms with Crippen LogP contribution in [0.4, 0.5) is 4.39 Å². The Bertz CT molecular complexity index is 990. The van der Waals surface area contributed by atoms with Crippen LogP contribution in [0.5, 0.6) is 0 Å². The van der Waals surface area contributed by atoms with Gasteiger partial charge in [-0.2, -0.15) is 0 Å². The molecule has 2 aromatic rings. The number of halogens is 1. The van der Waals surface area contributed by atoms with Crippen LogP contribution in [0, 0.1) is 12.7 Å². The molecule has 33 heavy (non-hydrogen) atoms. The largest absolute Gasteiger partial charge is 0.379 e. The Morgan fingerprint density at radius 3 is 2.64 bits per heavy atom. The summed E-state index contributed by atoms with van der Waals surface area (Å²) >= 11 is 1.32. The maximum atomic E-state index is 13.2. The van der Waals surface area contributed by atoms with Crippen molar-refractivity contribution in [2.75, 3.05) is 39.4 Å². The number of benzene rings is 1. The van der Waals surface area contributed by atoms with Gasteiger partial charge in [-0.05, 0) is 44.0 Å². The fourth-order valence-corrected chi connectivity index (χ4v) is 4.79. The molecule has 1 atom stereocenters. The lowest BCUT2D eigenvalue weighted by Gasteiger charge is -2.26. The molecular weight excluding hydrogens is 443 g/mol. The van der Waals surface area contributed by atoms with Gasteiger partial charge in [0.05, 0.1) is 18.5 Å². The molecule has 0 bridgehead atoms. The Kier molecular flexibility index (Phi) is 9.46. The molecule has 9 heteroatoms. The Balaban J connectivity index is 1.59. The van der Waals surface area contributed by atoms with E-state index in [2.05, 4.69) is 15.2 Å². The molecule has 1 unspecified atom stereocenters. The molecule has 180 valence electrons. The van der Waals surface area contributed by atoms with Gasteiger partial charge in [0, 0.05) is 44.4 Å². The van der Waals surface area contributed by atoms with E-state index in [1.165, 1.54) is 28.5 Å². The first-order valence-electron chi connectivity index (χ1n) is 11.4. The maximum Gasteiger partial charge on any atom is 0.257 e. The highest BCUT2D eigenvalue weighted by molar-refractivity contribution is 8.00. The lowest BCUT2D eigenvalue weighted by molar-refractivity contribution is -0.120. The summed E-state index contributed by atoms with van der Waals surface area (Å²) in [6, 6.07) is 6.12. The van der Waals surface area contributed by atoms with E-state index in [1.807, 2.05) is 6.92 Å². The van der Waals surface area contributed by atoms with Crippen LogP contribution in [0.15, 0.2) is 34.2 Å². The highest BCUT2D eigenvalue weighted by Crippen LogP contribution is 2.24. The molecule has 7 nitrogen and oxygen atoms in total. The van der Waals surface area contributed by atoms with Crippen LogP contribution in [0.3, 0.4) is 0 Å². The Morgan fingerprint density at radius 1 is 1.27 bits per heavy atom. The molecule has 1 aromatic heterocycles. The normalized spacial score (nSPS) is 15.4. The number of ether oxygens (including phenoxy) is 1. The van der Waals surface area contributed by atoms with Gasteiger partial charge in [0.15, 0.2) is 5.16 Å². The monoisotopic (exact) mass is 476 g/mol. The summed E-state index contributed by atoms with van der Waals surface area (Å²) in [6.45, 7) is 8.75. The van der Waals surface area contributed by atoms with Crippen molar-refractivity contribution in [3.05, 3.63) is 57.3 Å². The van der Waals surface area contributed by atoms with Crippen molar-refractivity contribution in [3.63, 3.8) is 0 Å². The van der Waals surface area contributed by atoms with Crippen molar-refractivity contribution in [1.82, 2.24) is 19.8 Å². The topological polar surface area (TPSA) is 76.5 Å². The first-order chi connectivity index (χ1) is 15.9. The van der Waals surface area contributed by atoms with Crippen molar-refractivity contribution in [2.24, 2.45) is 7.05 Å². The fourth-order valence-electron chi connectivity index (χ4n) is 3.75. The number of aryl methyl sites for hydroxylation is 1. The van der Waals surface area contributed by atoms with Gasteiger partial charge in [0.25, 0.3) is 5.56 Å². The number of hydrogen-bond acceptors (Lipinski definition) is 6. The van der Waals surface area contributed by atoms with Gasteiger partial charge in [-0.3, -0.25) is 19.1 Å². The van der Waals surface area contributed by atoms with Crippen LogP contribution >= 0.6 is 11.8 Å². The fraction of sp³-hybridized carbons (Fsp3) is 0.542. The van der Waals surface area contributed by atoms with E-state index >= 15 is 0 Å². The van der Waals surface area contributed by atoms with Crippen molar-refractivity contribution in [2.45, 2.75) is 43.5 Å². The van der Waals surface area contributed by atoms with Gasteiger partial charge in [-0.25, -0.2) is 9.37 Å². The molecule has 1 saturated heterocycles. The van der Waals surface area contributed by atoms with Crippen molar-refractivity contribution < 1.29 is 13.9 Å². The minimum Gasteiger partial charge on any atom is -0.379 e.